The summed E-state index contributed by atoms with van der Waals surface area (Å²) in [4.78, 5) is 6.65. The summed E-state index contributed by atoms with van der Waals surface area (Å²) in [6.45, 7) is 0.862. The van der Waals surface area contributed by atoms with Crippen molar-refractivity contribution in [2.24, 2.45) is 0 Å². The lowest BCUT2D eigenvalue weighted by Crippen LogP contribution is -2.21. The summed E-state index contributed by atoms with van der Waals surface area (Å²) < 4.78 is 0.879. The van der Waals surface area contributed by atoms with Crippen LogP contribution in [-0.4, -0.2) is 26.6 Å². The molecule has 0 amide bonds. The molecule has 0 radical (unpaired) electrons. The van der Waals surface area contributed by atoms with Gasteiger partial charge in [0.05, 0.1) is 0 Å². The van der Waals surface area contributed by atoms with Crippen molar-refractivity contribution in [1.82, 2.24) is 15.3 Å². The molecular weight excluding hydrogens is 358 g/mol. The average Bonchev–Trinajstić information content (AvgIpc) is 3.27. The average molecular weight is 380 g/mol. The predicted octanol–water partition coefficient (Wildman–Crippen LogP) is 5.04. The van der Waals surface area contributed by atoms with E-state index in [9.17, 15) is 0 Å². The number of fused-ring (bicyclic) bond motifs is 2. The number of hydrogen-bond donors (Lipinski definition) is 3. The molecule has 0 bridgehead atoms. The zero-order chi connectivity index (χ0) is 17.8. The zero-order valence-corrected chi connectivity index (χ0v) is 16.1. The number of aromatic nitrogens is 2. The van der Waals surface area contributed by atoms with E-state index in [0.717, 1.165) is 29.5 Å². The standard InChI is InChI=1S/C21H21N3S2/c25-21(22-11-9-15-13-23-19-7-3-1-5-17(15)19)26-12-10-16-14-24-20-8-4-2-6-18(16)20/h1-8,13-14,23-24H,9-12H2,(H,22,25). The van der Waals surface area contributed by atoms with Gasteiger partial charge >= 0.3 is 0 Å². The first-order valence-electron chi connectivity index (χ1n) is 8.82. The van der Waals surface area contributed by atoms with Gasteiger partial charge in [-0.05, 0) is 36.1 Å². The maximum Gasteiger partial charge on any atom is 0.133 e. The fourth-order valence-corrected chi connectivity index (χ4v) is 4.34. The van der Waals surface area contributed by atoms with E-state index in [4.69, 9.17) is 12.2 Å². The minimum absolute atomic E-state index is 0.862. The van der Waals surface area contributed by atoms with E-state index in [1.54, 1.807) is 11.8 Å². The molecule has 3 N–H and O–H groups in total. The number of rotatable bonds is 6. The molecule has 0 saturated carbocycles. The first kappa shape index (κ1) is 17.2. The molecule has 26 heavy (non-hydrogen) atoms. The van der Waals surface area contributed by atoms with Gasteiger partial charge in [-0.1, -0.05) is 60.4 Å². The number of aryl methyl sites for hydroxylation is 1. The lowest BCUT2D eigenvalue weighted by Gasteiger charge is -2.07. The quantitative estimate of drug-likeness (QED) is 0.411. The summed E-state index contributed by atoms with van der Waals surface area (Å²) in [5, 5.41) is 5.99. The highest BCUT2D eigenvalue weighted by Gasteiger charge is 2.05. The predicted molar refractivity (Wildman–Crippen MR) is 117 cm³/mol. The first-order valence-corrected chi connectivity index (χ1v) is 10.2. The smallest absolute Gasteiger partial charge is 0.133 e. The van der Waals surface area contributed by atoms with Crippen LogP contribution in [0.2, 0.25) is 0 Å². The van der Waals surface area contributed by atoms with Crippen LogP contribution >= 0.6 is 24.0 Å². The molecule has 0 aliphatic heterocycles. The summed E-state index contributed by atoms with van der Waals surface area (Å²) in [6, 6.07) is 16.8. The number of aromatic amines is 2. The Morgan fingerprint density at radius 2 is 1.42 bits per heavy atom. The summed E-state index contributed by atoms with van der Waals surface area (Å²) >= 11 is 7.19. The van der Waals surface area contributed by atoms with Gasteiger partial charge in [-0.15, -0.1) is 0 Å². The second-order valence-corrected chi connectivity index (χ2v) is 8.05. The third kappa shape index (κ3) is 3.79. The third-order valence-corrected chi connectivity index (χ3v) is 5.93. The van der Waals surface area contributed by atoms with Gasteiger partial charge in [-0.2, -0.15) is 0 Å². The van der Waals surface area contributed by atoms with Gasteiger partial charge in [0.2, 0.25) is 0 Å². The van der Waals surface area contributed by atoms with Crippen molar-refractivity contribution in [3.63, 3.8) is 0 Å². The van der Waals surface area contributed by atoms with Crippen LogP contribution in [0.25, 0.3) is 21.8 Å². The molecule has 0 unspecified atom stereocenters. The number of H-pyrrole nitrogens is 2. The molecular formula is C21H21N3S2. The third-order valence-electron chi connectivity index (χ3n) is 4.62. The molecule has 0 aliphatic rings. The number of nitrogens with one attached hydrogen (secondary N) is 3. The highest BCUT2D eigenvalue weighted by molar-refractivity contribution is 8.22. The van der Waals surface area contributed by atoms with Crippen LogP contribution in [0.4, 0.5) is 0 Å². The molecule has 0 spiro atoms. The van der Waals surface area contributed by atoms with Crippen molar-refractivity contribution in [2.45, 2.75) is 12.8 Å². The van der Waals surface area contributed by atoms with Crippen molar-refractivity contribution < 1.29 is 0 Å². The Hall–Kier alpha value is -2.24. The topological polar surface area (TPSA) is 43.6 Å². The fourth-order valence-electron chi connectivity index (χ4n) is 3.28. The van der Waals surface area contributed by atoms with Crippen molar-refractivity contribution in [1.29, 1.82) is 0 Å². The van der Waals surface area contributed by atoms with Gasteiger partial charge < -0.3 is 15.3 Å². The normalized spacial score (nSPS) is 11.2. The lowest BCUT2D eigenvalue weighted by atomic mass is 10.1. The van der Waals surface area contributed by atoms with Gasteiger partial charge in [0, 0.05) is 46.5 Å². The van der Waals surface area contributed by atoms with Crippen LogP contribution in [0.15, 0.2) is 60.9 Å². The van der Waals surface area contributed by atoms with Crippen LogP contribution < -0.4 is 5.32 Å². The van der Waals surface area contributed by atoms with Gasteiger partial charge in [0.15, 0.2) is 0 Å². The van der Waals surface area contributed by atoms with Crippen molar-refractivity contribution >= 4 is 50.1 Å². The van der Waals surface area contributed by atoms with E-state index >= 15 is 0 Å². The molecule has 0 atom stereocenters. The highest BCUT2D eigenvalue weighted by atomic mass is 32.2. The maximum absolute atomic E-state index is 5.47. The van der Waals surface area contributed by atoms with E-state index in [0.29, 0.717) is 0 Å². The van der Waals surface area contributed by atoms with Crippen LogP contribution in [0.5, 0.6) is 0 Å². The van der Waals surface area contributed by atoms with E-state index in [1.165, 1.54) is 32.9 Å². The van der Waals surface area contributed by atoms with E-state index in [2.05, 4.69) is 76.2 Å². The second kappa shape index (κ2) is 7.98. The molecule has 2 heterocycles. The molecule has 0 saturated heterocycles. The van der Waals surface area contributed by atoms with E-state index < -0.39 is 0 Å². The number of para-hydroxylation sites is 2. The van der Waals surface area contributed by atoms with Crippen LogP contribution in [0.3, 0.4) is 0 Å². The van der Waals surface area contributed by atoms with Gasteiger partial charge in [-0.3, -0.25) is 0 Å². The van der Waals surface area contributed by atoms with E-state index in [1.807, 2.05) is 0 Å². The Morgan fingerprint density at radius 3 is 2.08 bits per heavy atom. The summed E-state index contributed by atoms with van der Waals surface area (Å²) in [7, 11) is 0. The molecule has 132 valence electrons. The second-order valence-electron chi connectivity index (χ2n) is 6.28. The molecule has 0 aliphatic carbocycles. The summed E-state index contributed by atoms with van der Waals surface area (Å²) in [6.07, 6.45) is 6.18. The van der Waals surface area contributed by atoms with Gasteiger partial charge in [0.25, 0.3) is 0 Å². The van der Waals surface area contributed by atoms with Crippen LogP contribution in [-0.2, 0) is 12.8 Å². The van der Waals surface area contributed by atoms with Crippen molar-refractivity contribution in [2.75, 3.05) is 12.3 Å². The number of thiocarbonyl (C=S) groups is 1. The van der Waals surface area contributed by atoms with Gasteiger partial charge in [-0.25, -0.2) is 0 Å². The Morgan fingerprint density at radius 1 is 0.846 bits per heavy atom. The lowest BCUT2D eigenvalue weighted by molar-refractivity contribution is 0.887. The Balaban J connectivity index is 1.23. The molecule has 5 heteroatoms. The van der Waals surface area contributed by atoms with Crippen molar-refractivity contribution in [3.05, 3.63) is 72.1 Å². The Bertz CT molecular complexity index is 950. The van der Waals surface area contributed by atoms with E-state index in [-0.39, 0.29) is 0 Å². The largest absolute Gasteiger partial charge is 0.371 e. The van der Waals surface area contributed by atoms with Gasteiger partial charge in [0.1, 0.15) is 4.32 Å². The zero-order valence-electron chi connectivity index (χ0n) is 14.4. The molecule has 2 aromatic carbocycles. The molecule has 2 aromatic heterocycles. The minimum atomic E-state index is 0.862. The maximum atomic E-state index is 5.47. The fraction of sp³-hybridized carbons (Fsp3) is 0.190. The molecule has 4 aromatic rings. The van der Waals surface area contributed by atoms with Crippen LogP contribution in [0.1, 0.15) is 11.1 Å². The molecule has 4 rings (SSSR count). The van der Waals surface area contributed by atoms with Crippen molar-refractivity contribution in [3.8, 4) is 0 Å². The number of thioether (sulfide) groups is 1. The Kier molecular flexibility index (Phi) is 5.27. The Labute approximate surface area is 162 Å². The first-order chi connectivity index (χ1) is 12.8. The monoisotopic (exact) mass is 379 g/mol. The number of hydrogen-bond acceptors (Lipinski definition) is 2. The molecule has 0 fully saturated rings. The van der Waals surface area contributed by atoms with Crippen LogP contribution in [0, 0.1) is 0 Å². The summed E-state index contributed by atoms with van der Waals surface area (Å²) in [5.41, 5.74) is 5.08. The highest BCUT2D eigenvalue weighted by Crippen LogP contribution is 2.20. The number of benzene rings is 2. The summed E-state index contributed by atoms with van der Waals surface area (Å²) in [5.74, 6) is 0.987. The SMILES string of the molecule is S=C(NCCc1c[nH]c2ccccc12)SCCc1c[nH]c2ccccc12. The minimum Gasteiger partial charge on any atom is -0.371 e. The molecule has 3 nitrogen and oxygen atoms in total.